The van der Waals surface area contributed by atoms with Crippen molar-refractivity contribution in [3.63, 3.8) is 0 Å². The summed E-state index contributed by atoms with van der Waals surface area (Å²) in [7, 11) is 0. The highest BCUT2D eigenvalue weighted by atomic mass is 15.2. The Morgan fingerprint density at radius 3 is 1.17 bits per heavy atom. The number of fused-ring (bicyclic) bond motifs is 12. The lowest BCUT2D eigenvalue weighted by Gasteiger charge is -2.45. The maximum atomic E-state index is 2.65. The minimum Gasteiger partial charge on any atom is -0.311 e. The first-order chi connectivity index (χ1) is 54.2. The summed E-state index contributed by atoms with van der Waals surface area (Å²) in [4.78, 5) is 5.30. The molecule has 16 aromatic rings. The monoisotopic (exact) mass is 1460 g/mol. The van der Waals surface area contributed by atoms with Gasteiger partial charge in [-0.3, -0.25) is 0 Å². The Hall–Kier alpha value is -11.7. The van der Waals surface area contributed by atoms with Gasteiger partial charge in [0, 0.05) is 61.4 Å². The van der Waals surface area contributed by atoms with Crippen molar-refractivity contribution in [1.29, 1.82) is 0 Å². The molecule has 5 heteroatoms. The van der Waals surface area contributed by atoms with Gasteiger partial charge in [0.25, 0.3) is 6.71 Å². The minimum absolute atomic E-state index is 0.0313. The van der Waals surface area contributed by atoms with Crippen LogP contribution in [-0.4, -0.2) is 15.8 Å². The van der Waals surface area contributed by atoms with E-state index in [2.05, 4.69) is 413 Å². The molecule has 2 aromatic heterocycles. The molecular weight excluding hydrogens is 1360 g/mol. The lowest BCUT2D eigenvalue weighted by molar-refractivity contribution is 0.332. The van der Waals surface area contributed by atoms with Gasteiger partial charge in [-0.2, -0.15) is 0 Å². The van der Waals surface area contributed by atoms with Crippen molar-refractivity contribution in [3.05, 3.63) is 331 Å². The Kier molecular flexibility index (Phi) is 15.9. The molecule has 4 aliphatic rings. The molecule has 0 amide bonds. The Bertz CT molecular complexity index is 6470. The first-order valence-corrected chi connectivity index (χ1v) is 41.2. The molecular formula is C108H99BN4. The molecule has 4 heterocycles. The van der Waals surface area contributed by atoms with Crippen LogP contribution in [0, 0.1) is 0 Å². The molecule has 0 spiro atoms. The predicted molar refractivity (Wildman–Crippen MR) is 484 cm³/mol. The van der Waals surface area contributed by atoms with E-state index in [0.29, 0.717) is 0 Å². The molecule has 0 saturated carbocycles. The Morgan fingerprint density at radius 2 is 0.646 bits per heavy atom. The lowest BCUT2D eigenvalue weighted by Crippen LogP contribution is -2.61. The molecule has 0 unspecified atom stereocenters. The number of benzene rings is 14. The fraction of sp³-hybridized carbons (Fsp3) is 0.222. The Morgan fingerprint density at radius 1 is 0.265 bits per heavy atom. The number of anilines is 6. The summed E-state index contributed by atoms with van der Waals surface area (Å²) in [5.41, 5.74) is 38.3. The van der Waals surface area contributed by atoms with Crippen molar-refractivity contribution >= 4 is 101 Å². The molecule has 2 aliphatic carbocycles. The summed E-state index contributed by atoms with van der Waals surface area (Å²) >= 11 is 0. The highest BCUT2D eigenvalue weighted by Crippen LogP contribution is 2.53. The molecule has 2 aliphatic heterocycles. The molecule has 0 fully saturated rings. The standard InChI is InChI=1S/C108H99BN4/c1-103(2,3)77-42-54-97-86(64-77)83-30-22-24-32-94(83)112(97)80-47-51-93-99(65-80)111(79-45-35-71(36-46-79)75-38-49-89-91(62-75)108(13,14)58-56-106(89,9)10)101-67-81(113-95-52-40-72(68-25-17-15-18-26-68)59-84(95)85-60-73(41-53-96(85)113)69-27-19-16-20-28-69)66-100-102(101)109(93)92-50-39-76(82-29-21-23-31-87(82)104(4,5)6)63-98(92)110(100)78-43-33-70(34-44-78)74-37-48-88-90(61-74)107(11,12)57-55-105(88,7)8/h15-54,59-67H,55-58H2,1-14H3. The molecule has 0 saturated heterocycles. The Balaban J connectivity index is 0.885. The van der Waals surface area contributed by atoms with Gasteiger partial charge in [0.2, 0.25) is 0 Å². The topological polar surface area (TPSA) is 16.3 Å². The van der Waals surface area contributed by atoms with Gasteiger partial charge in [-0.05, 0) is 261 Å². The maximum absolute atomic E-state index is 2.65. The van der Waals surface area contributed by atoms with Gasteiger partial charge in [0.05, 0.1) is 27.8 Å². The van der Waals surface area contributed by atoms with Crippen molar-refractivity contribution in [3.8, 4) is 67.0 Å². The second kappa shape index (κ2) is 25.4. The lowest BCUT2D eigenvalue weighted by atomic mass is 9.33. The normalized spacial score (nSPS) is 15.8. The van der Waals surface area contributed by atoms with Crippen LogP contribution >= 0.6 is 0 Å². The van der Waals surface area contributed by atoms with E-state index in [1.807, 2.05) is 0 Å². The van der Waals surface area contributed by atoms with Crippen molar-refractivity contribution in [2.24, 2.45) is 0 Å². The summed E-state index contributed by atoms with van der Waals surface area (Å²) in [5.74, 6) is 0. The molecule has 0 N–H and O–H groups in total. The zero-order chi connectivity index (χ0) is 77.6. The average molecular weight is 1460 g/mol. The van der Waals surface area contributed by atoms with E-state index in [4.69, 9.17) is 0 Å². The highest BCUT2D eigenvalue weighted by molar-refractivity contribution is 7.00. The van der Waals surface area contributed by atoms with Crippen LogP contribution < -0.4 is 26.2 Å². The first kappa shape index (κ1) is 70.5. The smallest absolute Gasteiger partial charge is 0.252 e. The third-order valence-electron chi connectivity index (χ3n) is 26.7. The number of para-hydroxylation sites is 1. The molecule has 113 heavy (non-hydrogen) atoms. The molecule has 0 radical (unpaired) electrons. The van der Waals surface area contributed by atoms with Crippen LogP contribution in [0.15, 0.2) is 297 Å². The second-order valence-corrected chi connectivity index (χ2v) is 37.8. The summed E-state index contributed by atoms with van der Waals surface area (Å²) in [6.45, 7) is 33.3. The van der Waals surface area contributed by atoms with Crippen LogP contribution in [-0.2, 0) is 32.5 Å². The third-order valence-corrected chi connectivity index (χ3v) is 26.7. The molecule has 0 atom stereocenters. The van der Waals surface area contributed by atoms with Gasteiger partial charge in [-0.25, -0.2) is 0 Å². The summed E-state index contributed by atoms with van der Waals surface area (Å²) < 4.78 is 5.12. The van der Waals surface area contributed by atoms with Crippen LogP contribution in [0.1, 0.15) is 156 Å². The summed E-state index contributed by atoms with van der Waals surface area (Å²) in [5, 5.41) is 4.92. The number of aromatic nitrogens is 2. The fourth-order valence-corrected chi connectivity index (χ4v) is 20.1. The zero-order valence-corrected chi connectivity index (χ0v) is 68.0. The van der Waals surface area contributed by atoms with Crippen LogP contribution in [0.25, 0.3) is 111 Å². The van der Waals surface area contributed by atoms with E-state index in [-0.39, 0.29) is 39.2 Å². The van der Waals surface area contributed by atoms with Gasteiger partial charge >= 0.3 is 0 Å². The fourth-order valence-electron chi connectivity index (χ4n) is 20.1. The molecule has 554 valence electrons. The summed E-state index contributed by atoms with van der Waals surface area (Å²) in [6, 6.07) is 115. The number of hydrogen-bond donors (Lipinski definition) is 0. The van der Waals surface area contributed by atoms with E-state index < -0.39 is 0 Å². The van der Waals surface area contributed by atoms with Gasteiger partial charge in [0.1, 0.15) is 0 Å². The maximum Gasteiger partial charge on any atom is 0.252 e. The quantitative estimate of drug-likeness (QED) is 0.134. The predicted octanol–water partition coefficient (Wildman–Crippen LogP) is 27.6. The van der Waals surface area contributed by atoms with Crippen molar-refractivity contribution in [2.75, 3.05) is 9.80 Å². The SMILES string of the molecule is CC(C)(C)c1ccc2c(c1)c1ccccc1n2-c1ccc2c(c1)N(c1ccc(-c3ccc4c(c3)C(C)(C)CCC4(C)C)cc1)c1cc(-n3c4ccc(-c5ccccc5)cc4c4cc(-c5ccccc5)ccc43)cc3c1B2c1ccc(-c2ccccc2C(C)(C)C)cc1N3c1ccc(-c2ccc3c(c2)C(C)(C)CCC3(C)C)cc1. The van der Waals surface area contributed by atoms with Gasteiger partial charge < -0.3 is 18.9 Å². The third kappa shape index (κ3) is 11.4. The van der Waals surface area contributed by atoms with E-state index in [0.717, 1.165) is 63.7 Å². The van der Waals surface area contributed by atoms with Crippen LogP contribution in [0.4, 0.5) is 34.1 Å². The molecule has 0 bridgehead atoms. The second-order valence-electron chi connectivity index (χ2n) is 37.8. The van der Waals surface area contributed by atoms with E-state index >= 15 is 0 Å². The minimum atomic E-state index is -0.190. The highest BCUT2D eigenvalue weighted by Gasteiger charge is 2.46. The van der Waals surface area contributed by atoms with Crippen LogP contribution in [0.3, 0.4) is 0 Å². The van der Waals surface area contributed by atoms with Crippen LogP contribution in [0.2, 0.25) is 0 Å². The number of hydrogen-bond acceptors (Lipinski definition) is 2. The van der Waals surface area contributed by atoms with Crippen LogP contribution in [0.5, 0.6) is 0 Å². The number of nitrogens with zero attached hydrogens (tertiary/aromatic N) is 4. The van der Waals surface area contributed by atoms with E-state index in [9.17, 15) is 0 Å². The first-order valence-electron chi connectivity index (χ1n) is 41.2. The average Bonchev–Trinajstić information content (AvgIpc) is 1.35. The van der Waals surface area contributed by atoms with Crippen molar-refractivity contribution < 1.29 is 0 Å². The molecule has 4 nitrogen and oxygen atoms in total. The van der Waals surface area contributed by atoms with Crippen molar-refractivity contribution in [2.45, 2.75) is 155 Å². The largest absolute Gasteiger partial charge is 0.311 e. The molecule has 20 rings (SSSR count). The van der Waals surface area contributed by atoms with Crippen molar-refractivity contribution in [1.82, 2.24) is 9.13 Å². The molecule has 14 aromatic carbocycles. The van der Waals surface area contributed by atoms with Gasteiger partial charge in [-0.15, -0.1) is 0 Å². The number of rotatable bonds is 9. The van der Waals surface area contributed by atoms with Gasteiger partial charge in [0.15, 0.2) is 0 Å². The van der Waals surface area contributed by atoms with E-state index in [1.54, 1.807) is 0 Å². The Labute approximate surface area is 668 Å². The van der Waals surface area contributed by atoms with Gasteiger partial charge in [-0.1, -0.05) is 297 Å². The summed E-state index contributed by atoms with van der Waals surface area (Å²) in [6.07, 6.45) is 4.68. The zero-order valence-electron chi connectivity index (χ0n) is 68.0. The van der Waals surface area contributed by atoms with E-state index in [1.165, 1.54) is 157 Å².